The molecule has 1 saturated carbocycles. The van der Waals surface area contributed by atoms with Crippen LogP contribution in [0.25, 0.3) is 0 Å². The number of hydrogen-bond acceptors (Lipinski definition) is 4. The molecule has 0 unspecified atom stereocenters. The number of rotatable bonds is 5. The summed E-state index contributed by atoms with van der Waals surface area (Å²) >= 11 is 0. The van der Waals surface area contributed by atoms with Crippen LogP contribution >= 0.6 is 0 Å². The molecule has 4 heteroatoms. The normalized spacial score (nSPS) is 25.9. The van der Waals surface area contributed by atoms with E-state index in [4.69, 9.17) is 14.7 Å². The summed E-state index contributed by atoms with van der Waals surface area (Å²) in [6.07, 6.45) is 5.33. The molecule has 0 spiro atoms. The minimum Gasteiger partial charge on any atom is -0.370 e. The molecule has 1 aromatic heterocycles. The zero-order chi connectivity index (χ0) is 15.5. The molecule has 1 aliphatic carbocycles. The molecular weight excluding hydrogens is 262 g/mol. The Bertz CT molecular complexity index is 479. The molecule has 0 aliphatic heterocycles. The van der Waals surface area contributed by atoms with Crippen LogP contribution < -0.4 is 5.32 Å². The summed E-state index contributed by atoms with van der Waals surface area (Å²) in [5, 5.41) is 3.37. The molecule has 118 valence electrons. The second kappa shape index (κ2) is 6.73. The Morgan fingerprint density at radius 1 is 1.24 bits per heavy atom. The van der Waals surface area contributed by atoms with Crippen molar-refractivity contribution in [2.24, 2.45) is 5.92 Å². The van der Waals surface area contributed by atoms with Gasteiger partial charge in [0, 0.05) is 24.9 Å². The first-order valence-electron chi connectivity index (χ1n) is 8.23. The van der Waals surface area contributed by atoms with Crippen LogP contribution in [0.3, 0.4) is 0 Å². The van der Waals surface area contributed by atoms with Gasteiger partial charge in [-0.15, -0.1) is 0 Å². The Morgan fingerprint density at radius 3 is 2.43 bits per heavy atom. The summed E-state index contributed by atoms with van der Waals surface area (Å²) in [5.74, 6) is 2.61. The Balaban J connectivity index is 2.43. The third-order valence-electron chi connectivity index (χ3n) is 4.81. The quantitative estimate of drug-likeness (QED) is 0.895. The number of methoxy groups -OCH3 is 1. The first-order chi connectivity index (χ1) is 10.1. The van der Waals surface area contributed by atoms with Crippen molar-refractivity contribution in [1.82, 2.24) is 9.97 Å². The van der Waals surface area contributed by atoms with E-state index >= 15 is 0 Å². The van der Waals surface area contributed by atoms with Crippen LogP contribution in [0.5, 0.6) is 0 Å². The van der Waals surface area contributed by atoms with Crippen LogP contribution in [0.15, 0.2) is 0 Å². The highest BCUT2D eigenvalue weighted by molar-refractivity contribution is 5.46. The topological polar surface area (TPSA) is 47.0 Å². The maximum Gasteiger partial charge on any atom is 0.162 e. The maximum atomic E-state index is 5.93. The van der Waals surface area contributed by atoms with Crippen molar-refractivity contribution in [3.8, 4) is 0 Å². The summed E-state index contributed by atoms with van der Waals surface area (Å²) in [5.41, 5.74) is 2.00. The van der Waals surface area contributed by atoms with E-state index in [1.54, 1.807) is 7.11 Å². The summed E-state index contributed by atoms with van der Waals surface area (Å²) in [7, 11) is 1.80. The molecule has 0 radical (unpaired) electrons. The van der Waals surface area contributed by atoms with E-state index in [0.29, 0.717) is 0 Å². The molecule has 4 nitrogen and oxygen atoms in total. The molecule has 21 heavy (non-hydrogen) atoms. The van der Waals surface area contributed by atoms with Crippen molar-refractivity contribution in [2.45, 2.75) is 65.4 Å². The van der Waals surface area contributed by atoms with Crippen LogP contribution in [-0.4, -0.2) is 23.6 Å². The lowest BCUT2D eigenvalue weighted by Gasteiger charge is -2.37. The Hall–Kier alpha value is -1.16. The third kappa shape index (κ3) is 3.20. The fourth-order valence-corrected chi connectivity index (χ4v) is 3.20. The second-order valence-corrected chi connectivity index (χ2v) is 6.23. The summed E-state index contributed by atoms with van der Waals surface area (Å²) < 4.78 is 5.93. The van der Waals surface area contributed by atoms with E-state index in [1.807, 2.05) is 0 Å². The van der Waals surface area contributed by atoms with Crippen LogP contribution in [0.4, 0.5) is 5.82 Å². The number of hydrogen-bond donors (Lipinski definition) is 1. The van der Waals surface area contributed by atoms with Crippen LogP contribution in [-0.2, 0) is 16.8 Å². The summed E-state index contributed by atoms with van der Waals surface area (Å²) in [4.78, 5) is 9.66. The van der Waals surface area contributed by atoms with Gasteiger partial charge in [0.1, 0.15) is 11.4 Å². The van der Waals surface area contributed by atoms with Crippen molar-refractivity contribution < 1.29 is 4.74 Å². The van der Waals surface area contributed by atoms with Crippen molar-refractivity contribution in [2.75, 3.05) is 19.0 Å². The highest BCUT2D eigenvalue weighted by Gasteiger charge is 2.39. The zero-order valence-electron chi connectivity index (χ0n) is 14.1. The van der Waals surface area contributed by atoms with Crippen LogP contribution in [0.1, 0.15) is 63.5 Å². The van der Waals surface area contributed by atoms with Crippen LogP contribution in [0, 0.1) is 12.8 Å². The largest absolute Gasteiger partial charge is 0.370 e. The molecule has 0 aromatic carbocycles. The maximum absolute atomic E-state index is 5.93. The molecule has 1 fully saturated rings. The molecule has 1 heterocycles. The van der Waals surface area contributed by atoms with Gasteiger partial charge in [-0.1, -0.05) is 13.8 Å². The van der Waals surface area contributed by atoms with E-state index in [9.17, 15) is 0 Å². The average Bonchev–Trinajstić information content (AvgIpc) is 2.51. The predicted octanol–water partition coefficient (Wildman–Crippen LogP) is 3.83. The SMILES string of the molecule is CCNc1nc(C2(OC)CCC(C)CC2)nc(CC)c1C. The minimum atomic E-state index is -0.297. The van der Waals surface area contributed by atoms with Gasteiger partial charge in [-0.25, -0.2) is 9.97 Å². The van der Waals surface area contributed by atoms with Gasteiger partial charge in [-0.2, -0.15) is 0 Å². The summed E-state index contributed by atoms with van der Waals surface area (Å²) in [6.45, 7) is 9.54. The Kier molecular flexibility index (Phi) is 5.20. The van der Waals surface area contributed by atoms with Gasteiger partial charge in [0.15, 0.2) is 5.82 Å². The zero-order valence-corrected chi connectivity index (χ0v) is 14.1. The second-order valence-electron chi connectivity index (χ2n) is 6.23. The lowest BCUT2D eigenvalue weighted by molar-refractivity contribution is -0.0597. The third-order valence-corrected chi connectivity index (χ3v) is 4.81. The molecule has 1 aliphatic rings. The van der Waals surface area contributed by atoms with Gasteiger partial charge in [0.2, 0.25) is 0 Å². The fraction of sp³-hybridized carbons (Fsp3) is 0.765. The molecular formula is C17H29N3O. The van der Waals surface area contributed by atoms with Crippen molar-refractivity contribution in [3.05, 3.63) is 17.1 Å². The number of anilines is 1. The van der Waals surface area contributed by atoms with E-state index in [1.165, 1.54) is 18.4 Å². The monoisotopic (exact) mass is 291 g/mol. The van der Waals surface area contributed by atoms with Crippen molar-refractivity contribution >= 4 is 5.82 Å². The van der Waals surface area contributed by atoms with Gasteiger partial charge in [-0.05, 0) is 51.9 Å². The fourth-order valence-electron chi connectivity index (χ4n) is 3.20. The van der Waals surface area contributed by atoms with E-state index in [0.717, 1.165) is 49.1 Å². The number of aryl methyl sites for hydroxylation is 1. The lowest BCUT2D eigenvalue weighted by Crippen LogP contribution is -2.35. The molecule has 2 rings (SSSR count). The summed E-state index contributed by atoms with van der Waals surface area (Å²) in [6, 6.07) is 0. The van der Waals surface area contributed by atoms with E-state index in [2.05, 4.69) is 33.0 Å². The lowest BCUT2D eigenvalue weighted by atomic mass is 9.79. The molecule has 0 atom stereocenters. The number of nitrogens with zero attached hydrogens (tertiary/aromatic N) is 2. The molecule has 0 bridgehead atoms. The van der Waals surface area contributed by atoms with Gasteiger partial charge >= 0.3 is 0 Å². The molecule has 0 amide bonds. The first-order valence-corrected chi connectivity index (χ1v) is 8.23. The van der Waals surface area contributed by atoms with Gasteiger partial charge in [-0.3, -0.25) is 0 Å². The Morgan fingerprint density at radius 2 is 1.90 bits per heavy atom. The number of nitrogens with one attached hydrogen (secondary N) is 1. The average molecular weight is 291 g/mol. The van der Waals surface area contributed by atoms with E-state index in [-0.39, 0.29) is 5.60 Å². The molecule has 1 N–H and O–H groups in total. The molecule has 0 saturated heterocycles. The number of ether oxygens (including phenoxy) is 1. The highest BCUT2D eigenvalue weighted by atomic mass is 16.5. The standard InChI is InChI=1S/C17H29N3O/c1-6-14-13(4)15(18-7-2)20-16(19-14)17(21-5)10-8-12(3)9-11-17/h12H,6-11H2,1-5H3,(H,18,19,20). The van der Waals surface area contributed by atoms with Crippen molar-refractivity contribution in [3.63, 3.8) is 0 Å². The smallest absolute Gasteiger partial charge is 0.162 e. The van der Waals surface area contributed by atoms with Crippen molar-refractivity contribution in [1.29, 1.82) is 0 Å². The Labute approximate surface area is 128 Å². The minimum absolute atomic E-state index is 0.297. The predicted molar refractivity (Wildman–Crippen MR) is 86.6 cm³/mol. The first kappa shape index (κ1) is 16.2. The highest BCUT2D eigenvalue weighted by Crippen LogP contribution is 2.41. The van der Waals surface area contributed by atoms with Gasteiger partial charge < -0.3 is 10.1 Å². The van der Waals surface area contributed by atoms with Crippen LogP contribution in [0.2, 0.25) is 0 Å². The van der Waals surface area contributed by atoms with Gasteiger partial charge in [0.05, 0.1) is 0 Å². The van der Waals surface area contributed by atoms with E-state index < -0.39 is 0 Å². The number of aromatic nitrogens is 2. The van der Waals surface area contributed by atoms with Gasteiger partial charge in [0.25, 0.3) is 0 Å². The molecule has 1 aromatic rings.